The van der Waals surface area contributed by atoms with E-state index >= 15 is 0 Å². The first kappa shape index (κ1) is 29.2. The molecular formula is C29H37N3O8. The topological polar surface area (TPSA) is 131 Å². The molecule has 0 radical (unpaired) electrons. The molecule has 3 heterocycles. The van der Waals surface area contributed by atoms with E-state index in [0.717, 1.165) is 19.6 Å². The molecule has 2 N–H and O–H groups in total. The second kappa shape index (κ2) is 12.6. The molecule has 0 aliphatic carbocycles. The second-order valence-electron chi connectivity index (χ2n) is 9.75. The van der Waals surface area contributed by atoms with Crippen LogP contribution in [0.5, 0.6) is 11.5 Å². The van der Waals surface area contributed by atoms with Crippen molar-refractivity contribution in [3.63, 3.8) is 0 Å². The van der Waals surface area contributed by atoms with Gasteiger partial charge in [0, 0.05) is 43.0 Å². The number of likely N-dealkylation sites (tertiary alicyclic amines) is 1. The van der Waals surface area contributed by atoms with Gasteiger partial charge in [0.05, 0.1) is 45.7 Å². The summed E-state index contributed by atoms with van der Waals surface area (Å²) in [6.45, 7) is 9.17. The van der Waals surface area contributed by atoms with Crippen LogP contribution in [0.4, 0.5) is 0 Å². The maximum atomic E-state index is 13.6. The molecule has 40 heavy (non-hydrogen) atoms. The fourth-order valence-electron chi connectivity index (χ4n) is 5.42. The lowest BCUT2D eigenvalue weighted by Crippen LogP contribution is -2.39. The van der Waals surface area contributed by atoms with E-state index in [0.29, 0.717) is 48.0 Å². The number of methoxy groups -OCH3 is 2. The number of benzene rings is 1. The van der Waals surface area contributed by atoms with Crippen LogP contribution in [0.3, 0.4) is 0 Å². The molecular weight excluding hydrogens is 518 g/mol. The molecule has 1 amide bonds. The zero-order valence-corrected chi connectivity index (χ0v) is 23.7. The number of amides is 1. The first-order valence-electron chi connectivity index (χ1n) is 13.4. The average Bonchev–Trinajstić information content (AvgIpc) is 3.40. The minimum atomic E-state index is -0.936. The third kappa shape index (κ3) is 5.57. The van der Waals surface area contributed by atoms with Crippen molar-refractivity contribution in [2.45, 2.75) is 33.2 Å². The van der Waals surface area contributed by atoms with E-state index in [-0.39, 0.29) is 35.7 Å². The Balaban J connectivity index is 1.82. The van der Waals surface area contributed by atoms with Crippen molar-refractivity contribution in [1.82, 2.24) is 14.8 Å². The van der Waals surface area contributed by atoms with E-state index < -0.39 is 23.7 Å². The normalized spacial score (nSPS) is 19.2. The molecule has 1 aromatic carbocycles. The Morgan fingerprint density at radius 2 is 1.85 bits per heavy atom. The Hall–Kier alpha value is -3.83. The third-order valence-electron chi connectivity index (χ3n) is 7.40. The lowest BCUT2D eigenvalue weighted by molar-refractivity contribution is -0.140. The molecule has 0 saturated carbocycles. The van der Waals surface area contributed by atoms with Gasteiger partial charge in [0.2, 0.25) is 0 Å². The number of rotatable bonds is 10. The summed E-state index contributed by atoms with van der Waals surface area (Å²) in [5, 5.41) is 11.7. The van der Waals surface area contributed by atoms with Crippen molar-refractivity contribution in [3.8, 4) is 11.5 Å². The largest absolute Gasteiger partial charge is 0.507 e. The maximum absolute atomic E-state index is 13.6. The summed E-state index contributed by atoms with van der Waals surface area (Å²) in [4.78, 5) is 46.3. The lowest BCUT2D eigenvalue weighted by atomic mass is 9.93. The maximum Gasteiger partial charge on any atom is 0.355 e. The van der Waals surface area contributed by atoms with Gasteiger partial charge in [0.25, 0.3) is 11.7 Å². The van der Waals surface area contributed by atoms with Gasteiger partial charge < -0.3 is 33.9 Å². The number of aliphatic hydroxyl groups is 1. The average molecular weight is 556 g/mol. The number of esters is 1. The number of aromatic amines is 1. The SMILES string of the molecule is CCOC(=O)c1[nH]c(C)c(/C(O)=C2\C(=O)C(=O)N(CCCN3CCOCC3)[C@@H]2c2cc(OC)ccc2OC)c1C. The van der Waals surface area contributed by atoms with Crippen LogP contribution in [-0.2, 0) is 19.1 Å². The van der Waals surface area contributed by atoms with Crippen molar-refractivity contribution in [1.29, 1.82) is 0 Å². The Morgan fingerprint density at radius 3 is 2.50 bits per heavy atom. The number of aromatic nitrogens is 1. The first-order valence-corrected chi connectivity index (χ1v) is 13.4. The fraction of sp³-hybridized carbons (Fsp3) is 0.483. The van der Waals surface area contributed by atoms with Gasteiger partial charge in [-0.05, 0) is 51.0 Å². The molecule has 4 rings (SSSR count). The van der Waals surface area contributed by atoms with Crippen LogP contribution >= 0.6 is 0 Å². The van der Waals surface area contributed by atoms with Crippen molar-refractivity contribution < 1.29 is 38.4 Å². The van der Waals surface area contributed by atoms with Crippen molar-refractivity contribution in [3.05, 3.63) is 51.9 Å². The number of nitrogens with one attached hydrogen (secondary N) is 1. The fourth-order valence-corrected chi connectivity index (χ4v) is 5.42. The number of aryl methyl sites for hydroxylation is 1. The quantitative estimate of drug-likeness (QED) is 0.197. The Labute approximate surface area is 233 Å². The predicted octanol–water partition coefficient (Wildman–Crippen LogP) is 2.97. The molecule has 11 heteroatoms. The van der Waals surface area contributed by atoms with Crippen LogP contribution in [0.1, 0.15) is 52.3 Å². The Morgan fingerprint density at radius 1 is 1.12 bits per heavy atom. The number of ether oxygens (including phenoxy) is 4. The number of H-pyrrole nitrogens is 1. The van der Waals surface area contributed by atoms with Gasteiger partial charge in [-0.1, -0.05) is 0 Å². The van der Waals surface area contributed by atoms with Crippen molar-refractivity contribution in [2.24, 2.45) is 0 Å². The highest BCUT2D eigenvalue weighted by atomic mass is 16.5. The van der Waals surface area contributed by atoms with Crippen molar-refractivity contribution in [2.75, 3.05) is 60.2 Å². The number of carbonyl (C=O) groups excluding carboxylic acids is 3. The van der Waals surface area contributed by atoms with Gasteiger partial charge in [-0.3, -0.25) is 14.5 Å². The van der Waals surface area contributed by atoms with Gasteiger partial charge in [-0.2, -0.15) is 0 Å². The van der Waals surface area contributed by atoms with Gasteiger partial charge in [0.1, 0.15) is 23.0 Å². The highest BCUT2D eigenvalue weighted by Crippen LogP contribution is 2.44. The van der Waals surface area contributed by atoms with Crippen LogP contribution in [-0.4, -0.2) is 97.8 Å². The van der Waals surface area contributed by atoms with Gasteiger partial charge in [-0.15, -0.1) is 0 Å². The summed E-state index contributed by atoms with van der Waals surface area (Å²) < 4.78 is 21.6. The molecule has 216 valence electrons. The molecule has 2 aliphatic rings. The minimum Gasteiger partial charge on any atom is -0.507 e. The third-order valence-corrected chi connectivity index (χ3v) is 7.40. The number of Topliss-reactive ketones (excluding diaryl/α,β-unsaturated/α-hetero) is 1. The minimum absolute atomic E-state index is 0.0801. The van der Waals surface area contributed by atoms with Crippen LogP contribution in [0.2, 0.25) is 0 Å². The van der Waals surface area contributed by atoms with E-state index in [9.17, 15) is 19.5 Å². The second-order valence-corrected chi connectivity index (χ2v) is 9.75. The molecule has 0 bridgehead atoms. The van der Waals surface area contributed by atoms with Gasteiger partial charge >= 0.3 is 5.97 Å². The highest BCUT2D eigenvalue weighted by molar-refractivity contribution is 6.46. The monoisotopic (exact) mass is 555 g/mol. The lowest BCUT2D eigenvalue weighted by Gasteiger charge is -2.29. The van der Waals surface area contributed by atoms with Crippen LogP contribution in [0.25, 0.3) is 5.76 Å². The number of aliphatic hydroxyl groups excluding tert-OH is 1. The standard InChI is InChI=1S/C29H37N3O8/c1-6-40-29(36)24-17(2)22(18(3)30-24)26(33)23-25(20-16-19(37-4)8-9-21(20)38-5)32(28(35)27(23)34)11-7-10-31-12-14-39-15-13-31/h8-9,16,25,30,33H,6-7,10-15H2,1-5H3/b26-23+/t25-/m1/s1. The summed E-state index contributed by atoms with van der Waals surface area (Å²) in [5.41, 5.74) is 1.77. The molecule has 11 nitrogen and oxygen atoms in total. The molecule has 2 aromatic rings. The van der Waals surface area contributed by atoms with E-state index in [1.54, 1.807) is 39.0 Å². The smallest absolute Gasteiger partial charge is 0.355 e. The van der Waals surface area contributed by atoms with Crippen molar-refractivity contribution >= 4 is 23.4 Å². The Kier molecular flexibility index (Phi) is 9.16. The zero-order chi connectivity index (χ0) is 29.0. The zero-order valence-electron chi connectivity index (χ0n) is 23.7. The Bertz CT molecular complexity index is 1310. The predicted molar refractivity (Wildman–Crippen MR) is 147 cm³/mol. The summed E-state index contributed by atoms with van der Waals surface area (Å²) in [7, 11) is 3.02. The molecule has 2 fully saturated rings. The number of morpholine rings is 1. The molecule has 2 saturated heterocycles. The molecule has 2 aliphatic heterocycles. The van der Waals surface area contributed by atoms with Gasteiger partial charge in [-0.25, -0.2) is 4.79 Å². The van der Waals surface area contributed by atoms with Crippen LogP contribution in [0, 0.1) is 13.8 Å². The summed E-state index contributed by atoms with van der Waals surface area (Å²) in [6, 6.07) is 4.19. The number of hydrogen-bond donors (Lipinski definition) is 2. The summed E-state index contributed by atoms with van der Waals surface area (Å²) in [6.07, 6.45) is 0.616. The molecule has 1 atom stereocenters. The molecule has 0 unspecified atom stereocenters. The van der Waals surface area contributed by atoms with Crippen LogP contribution < -0.4 is 9.47 Å². The van der Waals surface area contributed by atoms with Gasteiger partial charge in [0.15, 0.2) is 0 Å². The number of hydrogen-bond acceptors (Lipinski definition) is 9. The molecule has 1 aromatic heterocycles. The highest BCUT2D eigenvalue weighted by Gasteiger charge is 2.47. The van der Waals surface area contributed by atoms with E-state index in [4.69, 9.17) is 18.9 Å². The molecule has 0 spiro atoms. The van der Waals surface area contributed by atoms with E-state index in [2.05, 4.69) is 9.88 Å². The first-order chi connectivity index (χ1) is 19.2. The number of nitrogens with zero attached hydrogens (tertiary/aromatic N) is 2. The summed E-state index contributed by atoms with van der Waals surface area (Å²) >= 11 is 0. The van der Waals surface area contributed by atoms with E-state index in [1.807, 2.05) is 0 Å². The number of carbonyl (C=O) groups is 3. The number of ketones is 1. The summed E-state index contributed by atoms with van der Waals surface area (Å²) in [5.74, 6) is -1.52. The van der Waals surface area contributed by atoms with E-state index in [1.165, 1.54) is 19.1 Å². The van der Waals surface area contributed by atoms with Crippen LogP contribution in [0.15, 0.2) is 23.8 Å².